The van der Waals surface area contributed by atoms with Gasteiger partial charge in [-0.1, -0.05) is 6.07 Å². The molecule has 1 aromatic carbocycles. The summed E-state index contributed by atoms with van der Waals surface area (Å²) >= 11 is 0. The second kappa shape index (κ2) is 6.48. The molecule has 1 aliphatic heterocycles. The Bertz CT molecular complexity index is 467. The zero-order valence-corrected chi connectivity index (χ0v) is 12.1. The topological polar surface area (TPSA) is 38.3 Å². The van der Waals surface area contributed by atoms with Crippen LogP contribution in [0.3, 0.4) is 0 Å². The normalized spacial score (nSPS) is 21.9. The number of ether oxygens (including phenoxy) is 1. The first-order valence-corrected chi connectivity index (χ1v) is 8.18. The van der Waals surface area contributed by atoms with Crippen molar-refractivity contribution in [3.05, 3.63) is 29.6 Å². The number of benzene rings is 1. The van der Waals surface area contributed by atoms with Gasteiger partial charge in [0.15, 0.2) is 0 Å². The van der Waals surface area contributed by atoms with Crippen LogP contribution >= 0.6 is 0 Å². The van der Waals surface area contributed by atoms with Gasteiger partial charge in [0.1, 0.15) is 11.6 Å². The molecule has 3 nitrogen and oxygen atoms in total. The van der Waals surface area contributed by atoms with E-state index < -0.39 is 10.8 Å². The first kappa shape index (κ1) is 14.5. The van der Waals surface area contributed by atoms with Crippen molar-refractivity contribution in [2.75, 3.05) is 19.4 Å². The maximum absolute atomic E-state index is 13.2. The summed E-state index contributed by atoms with van der Waals surface area (Å²) < 4.78 is 30.2. The molecule has 0 amide bonds. The summed E-state index contributed by atoms with van der Waals surface area (Å²) in [5, 5.41) is 3.53. The van der Waals surface area contributed by atoms with E-state index in [4.69, 9.17) is 4.74 Å². The van der Waals surface area contributed by atoms with Gasteiger partial charge in [0.05, 0.1) is 6.61 Å². The zero-order chi connectivity index (χ0) is 13.8. The zero-order valence-electron chi connectivity index (χ0n) is 11.3. The maximum atomic E-state index is 13.2. The van der Waals surface area contributed by atoms with Crippen molar-refractivity contribution in [2.24, 2.45) is 0 Å². The van der Waals surface area contributed by atoms with Crippen molar-refractivity contribution >= 4 is 10.8 Å². The number of rotatable bonds is 4. The lowest BCUT2D eigenvalue weighted by Gasteiger charge is -2.20. The molecule has 106 valence electrons. The molecule has 19 heavy (non-hydrogen) atoms. The summed E-state index contributed by atoms with van der Waals surface area (Å²) in [6, 6.07) is 4.82. The molecular weight excluding hydrogens is 265 g/mol. The van der Waals surface area contributed by atoms with E-state index in [1.807, 2.05) is 6.92 Å². The summed E-state index contributed by atoms with van der Waals surface area (Å²) in [4.78, 5) is 0. The first-order chi connectivity index (χ1) is 9.08. The molecule has 0 fully saturated rings. The molecule has 0 unspecified atom stereocenters. The predicted molar refractivity (Wildman–Crippen MR) is 75.4 cm³/mol. The predicted octanol–water partition coefficient (Wildman–Crippen LogP) is 2.40. The van der Waals surface area contributed by atoms with Crippen LogP contribution in [-0.2, 0) is 10.8 Å². The molecule has 5 heteroatoms. The van der Waals surface area contributed by atoms with Gasteiger partial charge >= 0.3 is 0 Å². The van der Waals surface area contributed by atoms with Gasteiger partial charge in [-0.3, -0.25) is 4.21 Å². The molecule has 2 rings (SSSR count). The average molecular weight is 285 g/mol. The molecule has 0 bridgehead atoms. The standard InChI is InChI=1S/C14H20FNO2S/c1-10(19(2)17)9-16-13-4-3-7-18-14-8-11(15)5-6-12(13)14/h5-6,8,10,13,16H,3-4,7,9H2,1-2H3/t10-,13-,19+/m1/s1. The summed E-state index contributed by atoms with van der Waals surface area (Å²) in [5.74, 6) is 0.350. The Kier molecular flexibility index (Phi) is 4.93. The highest BCUT2D eigenvalue weighted by atomic mass is 32.2. The van der Waals surface area contributed by atoms with Gasteiger partial charge in [-0.25, -0.2) is 4.39 Å². The molecule has 0 aromatic heterocycles. The minimum absolute atomic E-state index is 0.105. The lowest BCUT2D eigenvalue weighted by molar-refractivity contribution is 0.314. The average Bonchev–Trinajstić information content (AvgIpc) is 2.57. The number of nitrogens with one attached hydrogen (secondary N) is 1. The van der Waals surface area contributed by atoms with Crippen molar-refractivity contribution in [1.82, 2.24) is 5.32 Å². The fourth-order valence-corrected chi connectivity index (χ4v) is 2.51. The van der Waals surface area contributed by atoms with Crippen molar-refractivity contribution in [3.63, 3.8) is 0 Å². The molecule has 0 aliphatic carbocycles. The third-order valence-electron chi connectivity index (χ3n) is 3.46. The summed E-state index contributed by atoms with van der Waals surface area (Å²) in [6.45, 7) is 3.26. The van der Waals surface area contributed by atoms with E-state index in [0.717, 1.165) is 18.4 Å². The number of hydrogen-bond acceptors (Lipinski definition) is 3. The quantitative estimate of drug-likeness (QED) is 0.923. The molecule has 3 atom stereocenters. The minimum Gasteiger partial charge on any atom is -0.493 e. The lowest BCUT2D eigenvalue weighted by atomic mass is 10.0. The van der Waals surface area contributed by atoms with Gasteiger partial charge in [0, 0.05) is 46.5 Å². The Morgan fingerprint density at radius 2 is 2.37 bits per heavy atom. The summed E-state index contributed by atoms with van der Waals surface area (Å²) in [5.41, 5.74) is 0.994. The Hall–Kier alpha value is -0.940. The Morgan fingerprint density at radius 1 is 1.58 bits per heavy atom. The minimum atomic E-state index is -0.834. The Balaban J connectivity index is 2.11. The van der Waals surface area contributed by atoms with Gasteiger partial charge in [-0.2, -0.15) is 0 Å². The van der Waals surface area contributed by atoms with Gasteiger partial charge < -0.3 is 10.1 Å². The van der Waals surface area contributed by atoms with Crippen LogP contribution in [0.1, 0.15) is 31.4 Å². The fourth-order valence-electron chi connectivity index (χ4n) is 2.18. The second-order valence-electron chi connectivity index (χ2n) is 4.94. The monoisotopic (exact) mass is 285 g/mol. The van der Waals surface area contributed by atoms with Crippen molar-refractivity contribution in [1.29, 1.82) is 0 Å². The van der Waals surface area contributed by atoms with E-state index in [-0.39, 0.29) is 17.1 Å². The van der Waals surface area contributed by atoms with E-state index in [2.05, 4.69) is 5.32 Å². The van der Waals surface area contributed by atoms with Gasteiger partial charge in [0.2, 0.25) is 0 Å². The third kappa shape index (κ3) is 3.76. The van der Waals surface area contributed by atoms with E-state index in [9.17, 15) is 8.60 Å². The van der Waals surface area contributed by atoms with Crippen LogP contribution in [0, 0.1) is 5.82 Å². The van der Waals surface area contributed by atoms with Gasteiger partial charge in [-0.05, 0) is 25.8 Å². The number of hydrogen-bond donors (Lipinski definition) is 1. The van der Waals surface area contributed by atoms with Crippen LogP contribution < -0.4 is 10.1 Å². The molecule has 1 aliphatic rings. The van der Waals surface area contributed by atoms with Crippen LogP contribution in [0.2, 0.25) is 0 Å². The second-order valence-corrected chi connectivity index (χ2v) is 6.74. The fraction of sp³-hybridized carbons (Fsp3) is 0.571. The number of halogens is 1. The lowest BCUT2D eigenvalue weighted by Crippen LogP contribution is -2.30. The molecule has 0 saturated carbocycles. The van der Waals surface area contributed by atoms with Crippen LogP contribution in [0.5, 0.6) is 5.75 Å². The van der Waals surface area contributed by atoms with E-state index >= 15 is 0 Å². The highest BCUT2D eigenvalue weighted by Gasteiger charge is 2.20. The highest BCUT2D eigenvalue weighted by Crippen LogP contribution is 2.31. The summed E-state index contributed by atoms with van der Waals surface area (Å²) in [6.07, 6.45) is 3.59. The molecule has 0 spiro atoms. The third-order valence-corrected chi connectivity index (χ3v) is 4.76. The molecule has 0 radical (unpaired) electrons. The maximum Gasteiger partial charge on any atom is 0.126 e. The van der Waals surface area contributed by atoms with Crippen LogP contribution in [0.25, 0.3) is 0 Å². The van der Waals surface area contributed by atoms with Crippen LogP contribution in [0.4, 0.5) is 4.39 Å². The van der Waals surface area contributed by atoms with E-state index in [0.29, 0.717) is 18.9 Å². The Labute approximate surface area is 116 Å². The first-order valence-electron chi connectivity index (χ1n) is 6.56. The SMILES string of the molecule is C[C@H](CN[C@@H]1CCCOc2cc(F)ccc21)[S@](C)=O. The van der Waals surface area contributed by atoms with Crippen molar-refractivity contribution in [3.8, 4) is 5.75 Å². The van der Waals surface area contributed by atoms with Gasteiger partial charge in [-0.15, -0.1) is 0 Å². The Morgan fingerprint density at radius 3 is 3.11 bits per heavy atom. The van der Waals surface area contributed by atoms with E-state index in [1.54, 1.807) is 12.3 Å². The molecule has 0 saturated heterocycles. The smallest absolute Gasteiger partial charge is 0.126 e. The van der Waals surface area contributed by atoms with Crippen molar-refractivity contribution in [2.45, 2.75) is 31.1 Å². The van der Waals surface area contributed by atoms with Crippen LogP contribution in [0.15, 0.2) is 18.2 Å². The molecule has 1 aromatic rings. The summed E-state index contributed by atoms with van der Waals surface area (Å²) in [7, 11) is -0.834. The molecule has 1 N–H and O–H groups in total. The van der Waals surface area contributed by atoms with Crippen molar-refractivity contribution < 1.29 is 13.3 Å². The van der Waals surface area contributed by atoms with E-state index in [1.165, 1.54) is 12.1 Å². The molecular formula is C14H20FNO2S. The van der Waals surface area contributed by atoms with Gasteiger partial charge in [0.25, 0.3) is 0 Å². The number of fused-ring (bicyclic) bond motifs is 1. The van der Waals surface area contributed by atoms with Crippen LogP contribution in [-0.4, -0.2) is 28.9 Å². The highest BCUT2D eigenvalue weighted by molar-refractivity contribution is 7.84. The molecule has 1 heterocycles. The largest absolute Gasteiger partial charge is 0.493 e.